The van der Waals surface area contributed by atoms with Crippen LogP contribution in [0.15, 0.2) is 79.0 Å². The van der Waals surface area contributed by atoms with Crippen molar-refractivity contribution in [2.75, 3.05) is 23.7 Å². The molecule has 224 valence electrons. The molecule has 1 saturated carbocycles. The molecule has 2 aliphatic rings. The first-order valence-corrected chi connectivity index (χ1v) is 15.0. The van der Waals surface area contributed by atoms with Crippen LogP contribution in [-0.2, 0) is 10.3 Å². The number of nitrogens with one attached hydrogen (secondary N) is 1. The summed E-state index contributed by atoms with van der Waals surface area (Å²) in [6, 6.07) is 24.2. The maximum atomic E-state index is 11.5. The molecule has 2 unspecified atom stereocenters. The maximum Gasteiger partial charge on any atom is 0.405 e. The van der Waals surface area contributed by atoms with Crippen LogP contribution in [0, 0.1) is 0 Å². The Kier molecular flexibility index (Phi) is 6.93. The Morgan fingerprint density at radius 3 is 2.43 bits per heavy atom. The van der Waals surface area contributed by atoms with Crippen molar-refractivity contribution >= 4 is 28.8 Å². The number of hydrogen-bond donors (Lipinski definition) is 3. The van der Waals surface area contributed by atoms with Crippen LogP contribution >= 0.6 is 0 Å². The molecule has 0 radical (unpaired) electrons. The number of carbonyl (C=O) groups is 1. The number of nitrogens with zero attached hydrogens (tertiary/aromatic N) is 5. The smallest absolute Gasteiger partial charge is 0.405 e. The van der Waals surface area contributed by atoms with E-state index >= 15 is 0 Å². The lowest BCUT2D eigenvalue weighted by molar-refractivity contribution is -0.00521. The molecule has 2 fully saturated rings. The number of amides is 1. The highest BCUT2D eigenvalue weighted by Crippen LogP contribution is 2.42. The Balaban J connectivity index is 1.33. The average molecular weight is 590 g/mol. The molecular weight excluding hydrogens is 554 g/mol. The molecule has 10 nitrogen and oxygen atoms in total. The molecule has 44 heavy (non-hydrogen) atoms. The van der Waals surface area contributed by atoms with Gasteiger partial charge in [0.2, 0.25) is 0 Å². The minimum atomic E-state index is -1.01. The standard InChI is InChI=1S/C34H35N7O3/c1-21-19-40(20-22(2)44-21)26-7-3-6-23(18-26)28-13-14-29-32(37-28)41(31(38-29)27-8-4-17-36-30(27)35)25-11-9-24(10-12-25)34(15-5-16-34)39-33(42)43/h3-4,6-14,17-18,21-22,39H,5,15-16,19-20H2,1-2H3,(H2,35,36)(H,42,43). The summed E-state index contributed by atoms with van der Waals surface area (Å²) in [6.45, 7) is 5.89. The van der Waals surface area contributed by atoms with Gasteiger partial charge >= 0.3 is 6.09 Å². The summed E-state index contributed by atoms with van der Waals surface area (Å²) in [5, 5.41) is 12.2. The van der Waals surface area contributed by atoms with Crippen molar-refractivity contribution in [2.45, 2.75) is 50.9 Å². The Morgan fingerprint density at radius 1 is 0.977 bits per heavy atom. The van der Waals surface area contributed by atoms with E-state index in [2.05, 4.69) is 53.3 Å². The van der Waals surface area contributed by atoms with Gasteiger partial charge in [-0.25, -0.2) is 19.7 Å². The first-order valence-electron chi connectivity index (χ1n) is 15.0. The average Bonchev–Trinajstić information content (AvgIpc) is 3.37. The number of hydrogen-bond acceptors (Lipinski definition) is 7. The summed E-state index contributed by atoms with van der Waals surface area (Å²) in [5.41, 5.74) is 12.7. The Hall–Kier alpha value is -4.96. The van der Waals surface area contributed by atoms with E-state index in [0.29, 0.717) is 22.9 Å². The van der Waals surface area contributed by atoms with E-state index in [1.807, 2.05) is 53.1 Å². The number of fused-ring (bicyclic) bond motifs is 1. The third kappa shape index (κ3) is 5.01. The van der Waals surface area contributed by atoms with Crippen LogP contribution < -0.4 is 16.0 Å². The number of anilines is 2. The first kappa shape index (κ1) is 27.8. The minimum Gasteiger partial charge on any atom is -0.465 e. The maximum absolute atomic E-state index is 11.5. The molecule has 1 aliphatic heterocycles. The zero-order valence-corrected chi connectivity index (χ0v) is 24.8. The topological polar surface area (TPSA) is 131 Å². The predicted octanol–water partition coefficient (Wildman–Crippen LogP) is 5.99. The lowest BCUT2D eigenvalue weighted by Crippen LogP contribution is -2.50. The van der Waals surface area contributed by atoms with E-state index in [-0.39, 0.29) is 12.2 Å². The largest absolute Gasteiger partial charge is 0.465 e. The van der Waals surface area contributed by atoms with Crippen LogP contribution in [0.2, 0.25) is 0 Å². The monoisotopic (exact) mass is 589 g/mol. The lowest BCUT2D eigenvalue weighted by atomic mass is 9.72. The molecule has 5 aromatic rings. The van der Waals surface area contributed by atoms with Gasteiger partial charge in [0.15, 0.2) is 11.5 Å². The number of carboxylic acid groups (broad SMARTS) is 1. The van der Waals surface area contributed by atoms with E-state index in [4.69, 9.17) is 20.4 Å². The third-order valence-electron chi connectivity index (χ3n) is 8.74. The number of imidazole rings is 1. The van der Waals surface area contributed by atoms with Crippen LogP contribution in [0.4, 0.5) is 16.3 Å². The molecule has 0 bridgehead atoms. The molecule has 2 atom stereocenters. The quantitative estimate of drug-likeness (QED) is 0.220. The number of pyridine rings is 2. The van der Waals surface area contributed by atoms with E-state index in [9.17, 15) is 9.90 Å². The minimum absolute atomic E-state index is 0.162. The summed E-state index contributed by atoms with van der Waals surface area (Å²) in [4.78, 5) is 28.3. The molecule has 4 N–H and O–H groups in total. The number of ether oxygens (including phenoxy) is 1. The number of morpholine rings is 1. The van der Waals surface area contributed by atoms with Gasteiger partial charge in [-0.05, 0) is 87.2 Å². The molecule has 4 heterocycles. The van der Waals surface area contributed by atoms with Gasteiger partial charge in [0.25, 0.3) is 0 Å². The van der Waals surface area contributed by atoms with Crippen molar-refractivity contribution in [1.29, 1.82) is 0 Å². The van der Waals surface area contributed by atoms with Crippen LogP contribution in [0.25, 0.3) is 39.5 Å². The zero-order valence-electron chi connectivity index (χ0n) is 24.8. The summed E-state index contributed by atoms with van der Waals surface area (Å²) in [7, 11) is 0. The second kappa shape index (κ2) is 10.9. The van der Waals surface area contributed by atoms with Crippen molar-refractivity contribution in [2.24, 2.45) is 0 Å². The SMILES string of the molecule is CC1CN(c2cccc(-c3ccc4nc(-c5cccnc5N)n(-c5ccc(C6(NC(=O)O)CCC6)cc5)c4n3)c2)CC(C)O1. The molecule has 2 aromatic carbocycles. The Morgan fingerprint density at radius 2 is 1.75 bits per heavy atom. The summed E-state index contributed by atoms with van der Waals surface area (Å²) in [6.07, 6.45) is 3.50. The second-order valence-electron chi connectivity index (χ2n) is 11.9. The fourth-order valence-corrected chi connectivity index (χ4v) is 6.55. The molecule has 7 rings (SSSR count). The van der Waals surface area contributed by atoms with E-state index in [0.717, 1.165) is 66.1 Å². The molecule has 1 amide bonds. The highest BCUT2D eigenvalue weighted by Gasteiger charge is 2.40. The van der Waals surface area contributed by atoms with Gasteiger partial charge in [0.1, 0.15) is 11.3 Å². The Labute approximate surface area is 255 Å². The molecular formula is C34H35N7O3. The highest BCUT2D eigenvalue weighted by molar-refractivity contribution is 5.85. The molecule has 1 saturated heterocycles. The van der Waals surface area contributed by atoms with Crippen molar-refractivity contribution in [3.63, 3.8) is 0 Å². The fraction of sp³-hybridized carbons (Fsp3) is 0.294. The zero-order chi connectivity index (χ0) is 30.4. The van der Waals surface area contributed by atoms with E-state index in [1.165, 1.54) is 0 Å². The van der Waals surface area contributed by atoms with E-state index < -0.39 is 11.6 Å². The fourth-order valence-electron chi connectivity index (χ4n) is 6.55. The van der Waals surface area contributed by atoms with Crippen molar-refractivity contribution in [1.82, 2.24) is 24.8 Å². The number of rotatable bonds is 6. The second-order valence-corrected chi connectivity index (χ2v) is 11.9. The van der Waals surface area contributed by atoms with Crippen molar-refractivity contribution in [3.8, 4) is 28.3 Å². The van der Waals surface area contributed by atoms with Gasteiger partial charge in [-0.1, -0.05) is 24.3 Å². The number of nitrogen functional groups attached to an aromatic ring is 1. The normalized spacial score (nSPS) is 19.5. The van der Waals surface area contributed by atoms with Gasteiger partial charge in [0.05, 0.1) is 29.0 Å². The molecule has 1 aliphatic carbocycles. The predicted molar refractivity (Wildman–Crippen MR) is 171 cm³/mol. The Bertz CT molecular complexity index is 1840. The summed E-state index contributed by atoms with van der Waals surface area (Å²) in [5.74, 6) is 1.01. The molecule has 10 heteroatoms. The van der Waals surface area contributed by atoms with Gasteiger partial charge in [0, 0.05) is 36.2 Å². The summed E-state index contributed by atoms with van der Waals surface area (Å²) >= 11 is 0. The lowest BCUT2D eigenvalue weighted by Gasteiger charge is -2.42. The highest BCUT2D eigenvalue weighted by atomic mass is 16.5. The van der Waals surface area contributed by atoms with Gasteiger partial charge in [-0.3, -0.25) is 4.57 Å². The van der Waals surface area contributed by atoms with Crippen LogP contribution in [0.3, 0.4) is 0 Å². The van der Waals surface area contributed by atoms with Gasteiger partial charge in [-0.2, -0.15) is 0 Å². The number of benzene rings is 2. The summed E-state index contributed by atoms with van der Waals surface area (Å²) < 4.78 is 7.95. The van der Waals surface area contributed by atoms with Crippen LogP contribution in [-0.4, -0.2) is 56.0 Å². The third-order valence-corrected chi connectivity index (χ3v) is 8.74. The van der Waals surface area contributed by atoms with Crippen LogP contribution in [0.1, 0.15) is 38.7 Å². The van der Waals surface area contributed by atoms with Gasteiger partial charge in [-0.15, -0.1) is 0 Å². The number of aromatic nitrogens is 4. The molecule has 3 aromatic heterocycles. The number of nitrogens with two attached hydrogens (primary N) is 1. The van der Waals surface area contributed by atoms with Crippen molar-refractivity contribution in [3.05, 3.63) is 84.6 Å². The van der Waals surface area contributed by atoms with Crippen LogP contribution in [0.5, 0.6) is 0 Å². The molecule has 0 spiro atoms. The van der Waals surface area contributed by atoms with Gasteiger partial charge < -0.3 is 25.8 Å². The van der Waals surface area contributed by atoms with Crippen molar-refractivity contribution < 1.29 is 14.6 Å². The first-order chi connectivity index (χ1) is 21.3. The van der Waals surface area contributed by atoms with E-state index in [1.54, 1.807) is 6.20 Å².